The van der Waals surface area contributed by atoms with E-state index in [1.807, 2.05) is 12.1 Å². The number of nitrogens with zero attached hydrogens (tertiary/aromatic N) is 1. The molecule has 1 aliphatic heterocycles. The van der Waals surface area contributed by atoms with E-state index in [2.05, 4.69) is 68.0 Å². The Kier molecular flexibility index (Phi) is 6.13. The van der Waals surface area contributed by atoms with Gasteiger partial charge in [0.1, 0.15) is 11.7 Å². The third kappa shape index (κ3) is 5.66. The molecule has 146 valence electrons. The van der Waals surface area contributed by atoms with Crippen LogP contribution in [-0.2, 0) is 19.3 Å². The molecule has 3 rings (SSSR count). The first kappa shape index (κ1) is 20.1. The first-order valence-electron chi connectivity index (χ1n) is 9.82. The monoisotopic (exact) mass is 376 g/mol. The van der Waals surface area contributed by atoms with Gasteiger partial charge in [0.25, 0.3) is 0 Å². The van der Waals surface area contributed by atoms with E-state index < -0.39 is 0 Å². The van der Waals surface area contributed by atoms with Gasteiger partial charge in [-0.15, -0.1) is 0 Å². The minimum absolute atomic E-state index is 0.151. The average molecular weight is 377 g/mol. The second-order valence-corrected chi connectivity index (χ2v) is 8.47. The SMILES string of the molecule is C=C(Cc1ccc(CCc2ccc(F)cc2)cc1)NC1=NCC(C(C)(C)C)=C1. The molecule has 2 aromatic carbocycles. The molecule has 1 heterocycles. The number of nitrogens with one attached hydrogen (secondary N) is 1. The third-order valence-electron chi connectivity index (χ3n) is 5.05. The van der Waals surface area contributed by atoms with Crippen molar-refractivity contribution in [2.45, 2.75) is 40.0 Å². The predicted molar refractivity (Wildman–Crippen MR) is 116 cm³/mol. The highest BCUT2D eigenvalue weighted by Crippen LogP contribution is 2.27. The number of hydrogen-bond acceptors (Lipinski definition) is 2. The van der Waals surface area contributed by atoms with Crippen LogP contribution in [-0.4, -0.2) is 12.4 Å². The average Bonchev–Trinajstić information content (AvgIpc) is 3.11. The van der Waals surface area contributed by atoms with E-state index >= 15 is 0 Å². The van der Waals surface area contributed by atoms with Crippen LogP contribution in [0.5, 0.6) is 0 Å². The van der Waals surface area contributed by atoms with Crippen LogP contribution in [0.4, 0.5) is 4.39 Å². The number of aryl methyl sites for hydroxylation is 2. The molecule has 0 aliphatic carbocycles. The van der Waals surface area contributed by atoms with Crippen LogP contribution in [0.1, 0.15) is 37.5 Å². The highest BCUT2D eigenvalue weighted by molar-refractivity contribution is 5.96. The standard InChI is InChI=1S/C25H29FN2/c1-18(28-24-16-22(17-27-24)25(2,3)4)15-21-9-7-19(8-10-21)5-6-20-11-13-23(26)14-12-20/h7-14,16H,1,5-6,15,17H2,2-4H3,(H,27,28). The third-order valence-corrected chi connectivity index (χ3v) is 5.05. The van der Waals surface area contributed by atoms with E-state index in [0.29, 0.717) is 0 Å². The molecular weight excluding hydrogens is 347 g/mol. The molecule has 0 bridgehead atoms. The molecule has 0 spiro atoms. The Morgan fingerprint density at radius 2 is 1.50 bits per heavy atom. The summed E-state index contributed by atoms with van der Waals surface area (Å²) in [6, 6.07) is 15.4. The molecule has 0 atom stereocenters. The van der Waals surface area contributed by atoms with Crippen LogP contribution in [0, 0.1) is 11.2 Å². The van der Waals surface area contributed by atoms with E-state index in [-0.39, 0.29) is 11.2 Å². The van der Waals surface area contributed by atoms with Gasteiger partial charge in [-0.1, -0.05) is 63.7 Å². The molecule has 0 amide bonds. The Balaban J connectivity index is 1.49. The molecule has 0 unspecified atom stereocenters. The Morgan fingerprint density at radius 1 is 0.964 bits per heavy atom. The predicted octanol–water partition coefficient (Wildman–Crippen LogP) is 5.64. The van der Waals surface area contributed by atoms with Gasteiger partial charge in [0.05, 0.1) is 6.54 Å². The topological polar surface area (TPSA) is 24.4 Å². The van der Waals surface area contributed by atoms with E-state index in [1.54, 1.807) is 0 Å². The lowest BCUT2D eigenvalue weighted by molar-refractivity contribution is 0.499. The summed E-state index contributed by atoms with van der Waals surface area (Å²) in [5.41, 5.74) is 6.10. The Morgan fingerprint density at radius 3 is 2.04 bits per heavy atom. The summed E-state index contributed by atoms with van der Waals surface area (Å²) < 4.78 is 13.0. The number of amidine groups is 1. The van der Waals surface area contributed by atoms with Crippen LogP contribution < -0.4 is 5.32 Å². The van der Waals surface area contributed by atoms with E-state index in [0.717, 1.165) is 42.9 Å². The van der Waals surface area contributed by atoms with Crippen molar-refractivity contribution in [3.63, 3.8) is 0 Å². The van der Waals surface area contributed by atoms with Crippen molar-refractivity contribution in [2.24, 2.45) is 10.4 Å². The molecule has 0 radical (unpaired) electrons. The summed E-state index contributed by atoms with van der Waals surface area (Å²) in [6.45, 7) is 11.6. The zero-order chi connectivity index (χ0) is 20.1. The zero-order valence-electron chi connectivity index (χ0n) is 17.1. The molecule has 3 heteroatoms. The quantitative estimate of drug-likeness (QED) is 0.693. The van der Waals surface area contributed by atoms with Crippen molar-refractivity contribution in [2.75, 3.05) is 6.54 Å². The first-order valence-corrected chi connectivity index (χ1v) is 9.82. The lowest BCUT2D eigenvalue weighted by atomic mass is 9.87. The zero-order valence-corrected chi connectivity index (χ0v) is 17.1. The molecule has 0 saturated heterocycles. The molecular formula is C25H29FN2. The molecule has 1 aliphatic rings. The highest BCUT2D eigenvalue weighted by Gasteiger charge is 2.20. The molecule has 0 aromatic heterocycles. The number of aliphatic imine (C=N–C) groups is 1. The van der Waals surface area contributed by atoms with Gasteiger partial charge in [-0.25, -0.2) is 4.39 Å². The fraction of sp³-hybridized carbons (Fsp3) is 0.320. The maximum atomic E-state index is 13.0. The van der Waals surface area contributed by atoms with Gasteiger partial charge in [-0.05, 0) is 58.7 Å². The first-order chi connectivity index (χ1) is 13.3. The molecule has 2 aromatic rings. The Labute approximate surface area is 167 Å². The van der Waals surface area contributed by atoms with Crippen molar-refractivity contribution >= 4 is 5.84 Å². The second-order valence-electron chi connectivity index (χ2n) is 8.47. The normalized spacial score (nSPS) is 13.9. The summed E-state index contributed by atoms with van der Waals surface area (Å²) in [5.74, 6) is 0.724. The van der Waals surface area contributed by atoms with Crippen LogP contribution in [0.3, 0.4) is 0 Å². The van der Waals surface area contributed by atoms with E-state index in [4.69, 9.17) is 0 Å². The number of rotatable bonds is 6. The summed E-state index contributed by atoms with van der Waals surface area (Å²) in [5, 5.41) is 3.34. The van der Waals surface area contributed by atoms with Gasteiger partial charge in [0.15, 0.2) is 0 Å². The molecule has 1 N–H and O–H groups in total. The molecule has 0 fully saturated rings. The van der Waals surface area contributed by atoms with E-state index in [1.165, 1.54) is 28.8 Å². The van der Waals surface area contributed by atoms with Crippen LogP contribution >= 0.6 is 0 Å². The fourth-order valence-electron chi connectivity index (χ4n) is 3.19. The lowest BCUT2D eigenvalue weighted by Crippen LogP contribution is -2.20. The molecule has 0 saturated carbocycles. The van der Waals surface area contributed by atoms with Crippen LogP contribution in [0.25, 0.3) is 0 Å². The minimum Gasteiger partial charge on any atom is -0.344 e. The number of benzene rings is 2. The van der Waals surface area contributed by atoms with Crippen molar-refractivity contribution in [3.05, 3.63) is 95.0 Å². The number of hydrogen-bond donors (Lipinski definition) is 1. The second kappa shape index (κ2) is 8.55. The maximum absolute atomic E-state index is 13.0. The van der Waals surface area contributed by atoms with Crippen molar-refractivity contribution in [1.29, 1.82) is 0 Å². The number of allylic oxidation sites excluding steroid dienone is 1. The number of halogens is 1. The van der Waals surface area contributed by atoms with Gasteiger partial charge in [0.2, 0.25) is 0 Å². The van der Waals surface area contributed by atoms with Crippen molar-refractivity contribution in [1.82, 2.24) is 5.32 Å². The van der Waals surface area contributed by atoms with Gasteiger partial charge in [0, 0.05) is 12.1 Å². The Bertz CT molecular complexity index is 882. The van der Waals surface area contributed by atoms with Gasteiger partial charge in [-0.3, -0.25) is 4.99 Å². The minimum atomic E-state index is -0.185. The fourth-order valence-corrected chi connectivity index (χ4v) is 3.19. The largest absolute Gasteiger partial charge is 0.344 e. The van der Waals surface area contributed by atoms with E-state index in [9.17, 15) is 4.39 Å². The molecule has 28 heavy (non-hydrogen) atoms. The maximum Gasteiger partial charge on any atom is 0.125 e. The summed E-state index contributed by atoms with van der Waals surface area (Å²) >= 11 is 0. The van der Waals surface area contributed by atoms with Gasteiger partial charge >= 0.3 is 0 Å². The highest BCUT2D eigenvalue weighted by atomic mass is 19.1. The van der Waals surface area contributed by atoms with Crippen LogP contribution in [0.2, 0.25) is 0 Å². The summed E-state index contributed by atoms with van der Waals surface area (Å²) in [6.07, 6.45) is 4.78. The summed E-state index contributed by atoms with van der Waals surface area (Å²) in [4.78, 5) is 4.57. The smallest absolute Gasteiger partial charge is 0.125 e. The van der Waals surface area contributed by atoms with Gasteiger partial charge < -0.3 is 5.32 Å². The van der Waals surface area contributed by atoms with Crippen molar-refractivity contribution in [3.8, 4) is 0 Å². The van der Waals surface area contributed by atoms with Gasteiger partial charge in [-0.2, -0.15) is 0 Å². The van der Waals surface area contributed by atoms with Crippen LogP contribution in [0.15, 0.2) is 77.4 Å². The lowest BCUT2D eigenvalue weighted by Gasteiger charge is -2.18. The molecule has 2 nitrogen and oxygen atoms in total. The summed E-state index contributed by atoms with van der Waals surface area (Å²) in [7, 11) is 0. The Hall–Kier alpha value is -2.68. The van der Waals surface area contributed by atoms with Crippen molar-refractivity contribution < 1.29 is 4.39 Å².